The summed E-state index contributed by atoms with van der Waals surface area (Å²) in [6.45, 7) is 0. The van der Waals surface area contributed by atoms with Crippen LogP contribution in [0.3, 0.4) is 0 Å². The fraction of sp³-hybridized carbons (Fsp3) is 0. The number of halogens is 1. The molecule has 80 valence electrons. The highest BCUT2D eigenvalue weighted by molar-refractivity contribution is 6.07. The fourth-order valence-electron chi connectivity index (χ4n) is 1.51. The molecule has 0 spiro atoms. The number of nitrogens with zero attached hydrogens (tertiary/aromatic N) is 3. The van der Waals surface area contributed by atoms with Crippen LogP contribution in [0.2, 0.25) is 0 Å². The van der Waals surface area contributed by atoms with Gasteiger partial charge >= 0.3 is 0 Å². The summed E-state index contributed by atoms with van der Waals surface area (Å²) >= 11 is 0. The minimum Gasteiger partial charge on any atom is -0.287 e. The summed E-state index contributed by atoms with van der Waals surface area (Å²) < 4.78 is 0. The van der Waals surface area contributed by atoms with Gasteiger partial charge in [-0.1, -0.05) is 42.5 Å². The quantitative estimate of drug-likeness (QED) is 0.410. The van der Waals surface area contributed by atoms with Crippen LogP contribution in [0.25, 0.3) is 21.2 Å². The van der Waals surface area contributed by atoms with Crippen molar-refractivity contribution in [3.8, 4) is 0 Å². The highest BCUT2D eigenvalue weighted by atomic mass is 19.0. The van der Waals surface area contributed by atoms with E-state index in [2.05, 4.69) is 10.0 Å². The predicted molar refractivity (Wildman–Crippen MR) is 59.9 cm³/mol. The Balaban J connectivity index is 0.00000128. The summed E-state index contributed by atoms with van der Waals surface area (Å²) in [4.78, 5) is 13.9. The topological polar surface area (TPSA) is 65.8 Å². The van der Waals surface area contributed by atoms with Crippen molar-refractivity contribution < 1.29 is 9.50 Å². The molecule has 0 bridgehead atoms. The largest absolute Gasteiger partial charge is 0.287 e. The van der Waals surface area contributed by atoms with Crippen LogP contribution in [-0.4, -0.2) is 5.91 Å². The molecule has 1 amide bonds. The molecule has 0 aromatic heterocycles. The third kappa shape index (κ3) is 1.99. The van der Waals surface area contributed by atoms with E-state index in [0.29, 0.717) is 5.56 Å². The van der Waals surface area contributed by atoms with Crippen LogP contribution < -0.4 is 0 Å². The van der Waals surface area contributed by atoms with Crippen LogP contribution in [0.5, 0.6) is 0 Å². The maximum atomic E-state index is 11.4. The summed E-state index contributed by atoms with van der Waals surface area (Å²) in [6.07, 6.45) is 0. The average Bonchev–Trinajstić information content (AvgIpc) is 2.28. The number of benzene rings is 2. The van der Waals surface area contributed by atoms with Crippen molar-refractivity contribution in [1.82, 2.24) is 0 Å². The summed E-state index contributed by atoms with van der Waals surface area (Å²) in [5.74, 6) is -0.547. The maximum Gasteiger partial charge on any atom is 0.249 e. The Bertz CT molecular complexity index is 571. The van der Waals surface area contributed by atoms with E-state index in [1.165, 1.54) is 0 Å². The molecular formula is C11H8FN3O. The minimum absolute atomic E-state index is 0. The van der Waals surface area contributed by atoms with E-state index < -0.39 is 5.91 Å². The highest BCUT2D eigenvalue weighted by Gasteiger charge is 2.06. The van der Waals surface area contributed by atoms with Crippen molar-refractivity contribution in [3.63, 3.8) is 0 Å². The number of hydrogen-bond donors (Lipinski definition) is 0. The molecule has 0 aliphatic heterocycles. The third-order valence-electron chi connectivity index (χ3n) is 2.16. The van der Waals surface area contributed by atoms with Gasteiger partial charge in [0.25, 0.3) is 0 Å². The first-order valence-corrected chi connectivity index (χ1v) is 4.40. The van der Waals surface area contributed by atoms with Gasteiger partial charge in [0.15, 0.2) is 0 Å². The van der Waals surface area contributed by atoms with E-state index in [9.17, 15) is 4.79 Å². The first-order valence-electron chi connectivity index (χ1n) is 4.40. The molecule has 0 atom stereocenters. The summed E-state index contributed by atoms with van der Waals surface area (Å²) in [6, 6.07) is 12.8. The molecule has 0 N–H and O–H groups in total. The van der Waals surface area contributed by atoms with Crippen LogP contribution >= 0.6 is 0 Å². The average molecular weight is 217 g/mol. The second kappa shape index (κ2) is 4.91. The van der Waals surface area contributed by atoms with Crippen LogP contribution in [0.15, 0.2) is 47.6 Å². The lowest BCUT2D eigenvalue weighted by Crippen LogP contribution is -1.94. The normalized spacial score (nSPS) is 9.00. The van der Waals surface area contributed by atoms with E-state index >= 15 is 0 Å². The van der Waals surface area contributed by atoms with Crippen molar-refractivity contribution in [2.75, 3.05) is 0 Å². The van der Waals surface area contributed by atoms with Gasteiger partial charge in [0, 0.05) is 10.5 Å². The lowest BCUT2D eigenvalue weighted by atomic mass is 10.0. The van der Waals surface area contributed by atoms with Crippen LogP contribution in [0.4, 0.5) is 4.70 Å². The SMILES string of the molecule is F.[N-]=[N+]=NC(=O)c1cccc2ccccc12. The van der Waals surface area contributed by atoms with Crippen molar-refractivity contribution in [2.24, 2.45) is 5.11 Å². The van der Waals surface area contributed by atoms with Crippen LogP contribution in [0.1, 0.15) is 10.4 Å². The summed E-state index contributed by atoms with van der Waals surface area (Å²) in [5.41, 5.74) is 8.64. The van der Waals surface area contributed by atoms with Gasteiger partial charge in [0.1, 0.15) is 0 Å². The predicted octanol–water partition coefficient (Wildman–Crippen LogP) is 3.44. The Morgan fingerprint density at radius 1 is 1.12 bits per heavy atom. The Kier molecular flexibility index (Phi) is 3.58. The molecule has 4 nitrogen and oxygen atoms in total. The van der Waals surface area contributed by atoms with Gasteiger partial charge < -0.3 is 0 Å². The molecule has 0 aliphatic carbocycles. The maximum absolute atomic E-state index is 11.4. The number of rotatable bonds is 1. The molecule has 0 aliphatic rings. The zero-order valence-corrected chi connectivity index (χ0v) is 8.20. The zero-order valence-electron chi connectivity index (χ0n) is 8.20. The van der Waals surface area contributed by atoms with Gasteiger partial charge in [0.2, 0.25) is 5.91 Å². The fourth-order valence-corrected chi connectivity index (χ4v) is 1.51. The molecule has 5 heteroatoms. The molecule has 0 heterocycles. The molecule has 0 saturated carbocycles. The summed E-state index contributed by atoms with van der Waals surface area (Å²) in [7, 11) is 0. The second-order valence-corrected chi connectivity index (χ2v) is 3.02. The molecule has 0 radical (unpaired) electrons. The molecule has 0 saturated heterocycles. The van der Waals surface area contributed by atoms with E-state index in [4.69, 9.17) is 5.53 Å². The number of fused-ring (bicyclic) bond motifs is 1. The van der Waals surface area contributed by atoms with Gasteiger partial charge in [-0.25, -0.2) is 0 Å². The Hall–Kier alpha value is -2.39. The Labute approximate surface area is 90.5 Å². The Morgan fingerprint density at radius 2 is 1.81 bits per heavy atom. The van der Waals surface area contributed by atoms with Crippen LogP contribution in [0, 0.1) is 0 Å². The molecule has 16 heavy (non-hydrogen) atoms. The van der Waals surface area contributed by atoms with Crippen molar-refractivity contribution in [1.29, 1.82) is 0 Å². The lowest BCUT2D eigenvalue weighted by Gasteiger charge is -2.01. The monoisotopic (exact) mass is 217 g/mol. The standard InChI is InChI=1S/C11H7N3O.FH/c12-14-13-11(15)10-7-3-5-8-4-1-2-6-9(8)10;/h1-7H;1H. The zero-order chi connectivity index (χ0) is 10.7. The number of hydrogen-bond acceptors (Lipinski definition) is 1. The van der Waals surface area contributed by atoms with Crippen molar-refractivity contribution >= 4 is 16.7 Å². The number of azide groups is 1. The summed E-state index contributed by atoms with van der Waals surface area (Å²) in [5, 5.41) is 4.84. The van der Waals surface area contributed by atoms with E-state index in [0.717, 1.165) is 10.8 Å². The molecule has 2 aromatic carbocycles. The molecule has 0 fully saturated rings. The molecular weight excluding hydrogens is 209 g/mol. The number of carbonyl (C=O) groups excluding carboxylic acids is 1. The lowest BCUT2D eigenvalue weighted by molar-refractivity contribution is 0.100. The Morgan fingerprint density at radius 3 is 2.56 bits per heavy atom. The minimum atomic E-state index is -0.547. The molecule has 2 rings (SSSR count). The van der Waals surface area contributed by atoms with E-state index in [1.807, 2.05) is 30.3 Å². The third-order valence-corrected chi connectivity index (χ3v) is 2.16. The van der Waals surface area contributed by atoms with E-state index in [1.54, 1.807) is 12.1 Å². The van der Waals surface area contributed by atoms with Gasteiger partial charge in [0.05, 0.1) is 0 Å². The smallest absolute Gasteiger partial charge is 0.249 e. The first kappa shape index (κ1) is 11.7. The second-order valence-electron chi connectivity index (χ2n) is 3.02. The van der Waals surface area contributed by atoms with Gasteiger partial charge in [-0.05, 0) is 21.4 Å². The van der Waals surface area contributed by atoms with Gasteiger partial charge in [-0.15, -0.1) is 0 Å². The first-order chi connectivity index (χ1) is 7.33. The van der Waals surface area contributed by atoms with Gasteiger partial charge in [-0.2, -0.15) is 0 Å². The van der Waals surface area contributed by atoms with Crippen molar-refractivity contribution in [3.05, 3.63) is 58.5 Å². The number of amides is 1. The highest BCUT2D eigenvalue weighted by Crippen LogP contribution is 2.19. The van der Waals surface area contributed by atoms with E-state index in [-0.39, 0.29) is 4.70 Å². The van der Waals surface area contributed by atoms with Crippen LogP contribution in [-0.2, 0) is 0 Å². The number of carbonyl (C=O) groups is 1. The van der Waals surface area contributed by atoms with Gasteiger partial charge in [-0.3, -0.25) is 9.50 Å². The molecule has 2 aromatic rings. The van der Waals surface area contributed by atoms with Crippen molar-refractivity contribution in [2.45, 2.75) is 0 Å². The molecule has 0 unspecified atom stereocenters.